The highest BCUT2D eigenvalue weighted by Gasteiger charge is 2.15. The number of piperazine rings is 1. The molecular weight excluding hydrogens is 350 g/mol. The number of aromatic nitrogens is 2. The largest absolute Gasteiger partial charge is 0.369 e. The summed E-state index contributed by atoms with van der Waals surface area (Å²) < 4.78 is 0. The Morgan fingerprint density at radius 1 is 1.00 bits per heavy atom. The second-order valence-electron chi connectivity index (χ2n) is 6.94. The molecule has 2 heterocycles. The van der Waals surface area contributed by atoms with E-state index in [0.29, 0.717) is 11.6 Å². The molecule has 2 aromatic carbocycles. The highest BCUT2D eigenvalue weighted by molar-refractivity contribution is 5.63. The molecular formula is C22H25N5O. The third kappa shape index (κ3) is 4.23. The van der Waals surface area contributed by atoms with Gasteiger partial charge in [0.1, 0.15) is 0 Å². The van der Waals surface area contributed by atoms with Gasteiger partial charge in [0.15, 0.2) is 0 Å². The molecule has 3 aromatic rings. The molecule has 0 bridgehead atoms. The number of nitrogens with one attached hydrogen (secondary N) is 2. The lowest BCUT2D eigenvalue weighted by molar-refractivity contribution is 0.271. The Kier molecular flexibility index (Phi) is 5.39. The molecule has 1 fully saturated rings. The predicted octanol–water partition coefficient (Wildman–Crippen LogP) is 3.32. The minimum Gasteiger partial charge on any atom is -0.369 e. The quantitative estimate of drug-likeness (QED) is 0.716. The van der Waals surface area contributed by atoms with E-state index in [1.807, 2.05) is 42.5 Å². The van der Waals surface area contributed by atoms with Crippen LogP contribution < -0.4 is 15.8 Å². The Morgan fingerprint density at radius 3 is 2.39 bits per heavy atom. The van der Waals surface area contributed by atoms with Crippen molar-refractivity contribution in [1.29, 1.82) is 0 Å². The van der Waals surface area contributed by atoms with Gasteiger partial charge in [0, 0.05) is 49.2 Å². The van der Waals surface area contributed by atoms with Crippen LogP contribution in [0, 0.1) is 0 Å². The molecule has 28 heavy (non-hydrogen) atoms. The van der Waals surface area contributed by atoms with Crippen molar-refractivity contribution < 1.29 is 0 Å². The van der Waals surface area contributed by atoms with Crippen molar-refractivity contribution in [3.63, 3.8) is 0 Å². The minimum atomic E-state index is -0.179. The molecule has 0 atom stereocenters. The summed E-state index contributed by atoms with van der Waals surface area (Å²) in [7, 11) is 0. The third-order valence-electron chi connectivity index (χ3n) is 5.13. The van der Waals surface area contributed by atoms with Gasteiger partial charge in [-0.1, -0.05) is 37.3 Å². The number of likely N-dealkylation sites (N-methyl/N-ethyl adjacent to an activating group) is 1. The first kappa shape index (κ1) is 18.3. The molecule has 0 aliphatic carbocycles. The van der Waals surface area contributed by atoms with E-state index in [-0.39, 0.29) is 5.56 Å². The fourth-order valence-corrected chi connectivity index (χ4v) is 3.49. The third-order valence-corrected chi connectivity index (χ3v) is 5.13. The van der Waals surface area contributed by atoms with E-state index in [1.165, 1.54) is 11.8 Å². The first-order chi connectivity index (χ1) is 13.7. The molecule has 2 N–H and O–H groups in total. The predicted molar refractivity (Wildman–Crippen MR) is 114 cm³/mol. The minimum absolute atomic E-state index is 0.179. The maximum Gasteiger partial charge on any atom is 0.252 e. The zero-order valence-corrected chi connectivity index (χ0v) is 16.1. The van der Waals surface area contributed by atoms with E-state index in [0.717, 1.165) is 44.0 Å². The van der Waals surface area contributed by atoms with Gasteiger partial charge in [0.25, 0.3) is 5.56 Å². The normalized spacial score (nSPS) is 14.8. The van der Waals surface area contributed by atoms with Crippen LogP contribution in [0.4, 0.5) is 17.3 Å². The van der Waals surface area contributed by atoms with Crippen LogP contribution in [0.25, 0.3) is 11.3 Å². The first-order valence-corrected chi connectivity index (χ1v) is 9.72. The van der Waals surface area contributed by atoms with Crippen LogP contribution in [0.2, 0.25) is 0 Å². The van der Waals surface area contributed by atoms with E-state index in [4.69, 9.17) is 0 Å². The van der Waals surface area contributed by atoms with Crippen LogP contribution in [0.5, 0.6) is 0 Å². The van der Waals surface area contributed by atoms with Crippen LogP contribution in [-0.4, -0.2) is 47.6 Å². The molecule has 1 aromatic heterocycles. The zero-order chi connectivity index (χ0) is 19.3. The molecule has 6 heteroatoms. The Hall–Kier alpha value is -3.12. The highest BCUT2D eigenvalue weighted by atomic mass is 16.1. The summed E-state index contributed by atoms with van der Waals surface area (Å²) in [5.41, 5.74) is 3.50. The number of rotatable bonds is 5. The van der Waals surface area contributed by atoms with Crippen LogP contribution >= 0.6 is 0 Å². The smallest absolute Gasteiger partial charge is 0.252 e. The van der Waals surface area contributed by atoms with E-state index < -0.39 is 0 Å². The lowest BCUT2D eigenvalue weighted by atomic mass is 10.1. The van der Waals surface area contributed by atoms with Crippen molar-refractivity contribution in [1.82, 2.24) is 14.9 Å². The molecule has 4 rings (SSSR count). The monoisotopic (exact) mass is 375 g/mol. The van der Waals surface area contributed by atoms with Crippen molar-refractivity contribution in [2.45, 2.75) is 6.92 Å². The molecule has 0 saturated carbocycles. The Labute approximate surface area is 164 Å². The molecule has 0 radical (unpaired) electrons. The molecule has 1 aliphatic rings. The molecule has 0 amide bonds. The van der Waals surface area contributed by atoms with Crippen LogP contribution in [-0.2, 0) is 0 Å². The van der Waals surface area contributed by atoms with Crippen molar-refractivity contribution >= 4 is 17.3 Å². The number of nitrogens with zero attached hydrogens (tertiary/aromatic N) is 3. The Morgan fingerprint density at radius 2 is 1.71 bits per heavy atom. The van der Waals surface area contributed by atoms with Gasteiger partial charge >= 0.3 is 0 Å². The van der Waals surface area contributed by atoms with Crippen molar-refractivity contribution in [3.8, 4) is 11.3 Å². The zero-order valence-electron chi connectivity index (χ0n) is 16.1. The van der Waals surface area contributed by atoms with Gasteiger partial charge in [-0.25, -0.2) is 4.98 Å². The molecule has 1 saturated heterocycles. The lowest BCUT2D eigenvalue weighted by Crippen LogP contribution is -2.46. The van der Waals surface area contributed by atoms with Gasteiger partial charge in [0.2, 0.25) is 5.95 Å². The van der Waals surface area contributed by atoms with Crippen molar-refractivity contribution in [2.75, 3.05) is 42.9 Å². The molecule has 1 aliphatic heterocycles. The van der Waals surface area contributed by atoms with Gasteiger partial charge in [-0.3, -0.25) is 9.78 Å². The number of benzene rings is 2. The van der Waals surface area contributed by atoms with Gasteiger partial charge in [-0.15, -0.1) is 0 Å². The molecule has 6 nitrogen and oxygen atoms in total. The average Bonchev–Trinajstić information content (AvgIpc) is 2.75. The summed E-state index contributed by atoms with van der Waals surface area (Å²) in [5, 5.41) is 3.21. The van der Waals surface area contributed by atoms with Gasteiger partial charge in [0.05, 0.1) is 5.69 Å². The van der Waals surface area contributed by atoms with E-state index in [1.54, 1.807) is 0 Å². The number of aromatic amines is 1. The summed E-state index contributed by atoms with van der Waals surface area (Å²) in [6.45, 7) is 7.64. The summed E-state index contributed by atoms with van der Waals surface area (Å²) in [4.78, 5) is 24.2. The summed E-state index contributed by atoms with van der Waals surface area (Å²) in [6.07, 6.45) is 0. The Balaban J connectivity index is 1.48. The van der Waals surface area contributed by atoms with E-state index in [2.05, 4.69) is 44.1 Å². The van der Waals surface area contributed by atoms with Gasteiger partial charge in [-0.2, -0.15) is 0 Å². The standard InChI is InChI=1S/C22H25N5O/c1-2-26-12-14-27(15-13-26)19-10-8-18(9-11-19)23-22-24-20(16-21(28)25-22)17-6-4-3-5-7-17/h3-11,16H,2,12-15H2,1H3,(H2,23,24,25,28). The van der Waals surface area contributed by atoms with E-state index >= 15 is 0 Å². The van der Waals surface area contributed by atoms with Gasteiger partial charge < -0.3 is 15.1 Å². The molecule has 144 valence electrons. The summed E-state index contributed by atoms with van der Waals surface area (Å²) >= 11 is 0. The van der Waals surface area contributed by atoms with E-state index in [9.17, 15) is 4.79 Å². The van der Waals surface area contributed by atoms with Crippen LogP contribution in [0.15, 0.2) is 65.5 Å². The van der Waals surface area contributed by atoms with Crippen molar-refractivity contribution in [2.24, 2.45) is 0 Å². The molecule has 0 unspecified atom stereocenters. The first-order valence-electron chi connectivity index (χ1n) is 9.72. The van der Waals surface area contributed by atoms with Crippen LogP contribution in [0.1, 0.15) is 6.92 Å². The molecule has 0 spiro atoms. The maximum atomic E-state index is 12.0. The number of hydrogen-bond donors (Lipinski definition) is 2. The average molecular weight is 375 g/mol. The highest BCUT2D eigenvalue weighted by Crippen LogP contribution is 2.22. The Bertz CT molecular complexity index is 960. The second kappa shape index (κ2) is 8.27. The number of hydrogen-bond acceptors (Lipinski definition) is 5. The second-order valence-corrected chi connectivity index (χ2v) is 6.94. The lowest BCUT2D eigenvalue weighted by Gasteiger charge is -2.35. The summed E-state index contributed by atoms with van der Waals surface area (Å²) in [5.74, 6) is 0.440. The number of H-pyrrole nitrogens is 1. The SMILES string of the molecule is CCN1CCN(c2ccc(Nc3nc(-c4ccccc4)cc(=O)[nH]3)cc2)CC1. The fourth-order valence-electron chi connectivity index (χ4n) is 3.49. The maximum absolute atomic E-state index is 12.0. The topological polar surface area (TPSA) is 64.3 Å². The summed E-state index contributed by atoms with van der Waals surface area (Å²) in [6, 6.07) is 19.5. The fraction of sp³-hybridized carbons (Fsp3) is 0.273. The number of anilines is 3. The van der Waals surface area contributed by atoms with Gasteiger partial charge in [-0.05, 0) is 30.8 Å². The van der Waals surface area contributed by atoms with Crippen molar-refractivity contribution in [3.05, 3.63) is 71.0 Å². The van der Waals surface area contributed by atoms with Crippen LogP contribution in [0.3, 0.4) is 0 Å².